The van der Waals surface area contributed by atoms with E-state index in [1.165, 1.54) is 6.07 Å². The minimum absolute atomic E-state index is 0.0283. The van der Waals surface area contributed by atoms with Gasteiger partial charge >= 0.3 is 0 Å². The predicted octanol–water partition coefficient (Wildman–Crippen LogP) is 3.78. The fourth-order valence-electron chi connectivity index (χ4n) is 3.65. The van der Waals surface area contributed by atoms with Crippen LogP contribution in [0.25, 0.3) is 0 Å². The van der Waals surface area contributed by atoms with Crippen LogP contribution in [0.4, 0.5) is 11.4 Å². The van der Waals surface area contributed by atoms with Gasteiger partial charge < -0.3 is 10.2 Å². The lowest BCUT2D eigenvalue weighted by Gasteiger charge is -2.23. The van der Waals surface area contributed by atoms with Crippen molar-refractivity contribution < 1.29 is 14.5 Å². The van der Waals surface area contributed by atoms with Gasteiger partial charge in [-0.15, -0.1) is 0 Å². The van der Waals surface area contributed by atoms with Crippen molar-refractivity contribution in [2.75, 3.05) is 11.4 Å². The average Bonchev–Trinajstić information content (AvgIpc) is 3.13. The first-order valence-corrected chi connectivity index (χ1v) is 9.81. The summed E-state index contributed by atoms with van der Waals surface area (Å²) in [6, 6.07) is 14.1. The van der Waals surface area contributed by atoms with Crippen molar-refractivity contribution in [3.8, 4) is 0 Å². The lowest BCUT2D eigenvalue weighted by Crippen LogP contribution is -2.33. The van der Waals surface area contributed by atoms with E-state index in [1.807, 2.05) is 24.3 Å². The summed E-state index contributed by atoms with van der Waals surface area (Å²) in [5.41, 5.74) is 2.37. The zero-order chi connectivity index (χ0) is 21.0. The van der Waals surface area contributed by atoms with Crippen LogP contribution in [0.3, 0.4) is 0 Å². The number of nitro groups is 1. The summed E-state index contributed by atoms with van der Waals surface area (Å²) >= 11 is 0. The quantitative estimate of drug-likeness (QED) is 0.570. The van der Waals surface area contributed by atoms with Gasteiger partial charge in [0.1, 0.15) is 0 Å². The highest BCUT2D eigenvalue weighted by molar-refractivity contribution is 6.00. The number of hydrogen-bond acceptors (Lipinski definition) is 4. The Kier molecular flexibility index (Phi) is 6.26. The third-order valence-electron chi connectivity index (χ3n) is 5.51. The Labute approximate surface area is 169 Å². The number of benzene rings is 2. The van der Waals surface area contributed by atoms with Crippen LogP contribution in [-0.2, 0) is 16.1 Å². The number of nitrogens with zero attached hydrogens (tertiary/aromatic N) is 2. The van der Waals surface area contributed by atoms with Crippen LogP contribution in [0.15, 0.2) is 48.5 Å². The molecule has 0 spiro atoms. The third kappa shape index (κ3) is 4.45. The molecule has 0 aromatic heterocycles. The van der Waals surface area contributed by atoms with Crippen LogP contribution in [-0.4, -0.2) is 23.3 Å². The van der Waals surface area contributed by atoms with E-state index in [4.69, 9.17) is 0 Å². The van der Waals surface area contributed by atoms with Crippen LogP contribution < -0.4 is 10.2 Å². The Balaban J connectivity index is 1.70. The molecule has 2 aromatic carbocycles. The van der Waals surface area contributed by atoms with E-state index in [1.54, 1.807) is 23.1 Å². The van der Waals surface area contributed by atoms with Crippen LogP contribution >= 0.6 is 0 Å². The van der Waals surface area contributed by atoms with Crippen molar-refractivity contribution in [1.29, 1.82) is 0 Å². The molecule has 1 heterocycles. The van der Waals surface area contributed by atoms with Crippen molar-refractivity contribution in [3.63, 3.8) is 0 Å². The molecule has 0 saturated carbocycles. The summed E-state index contributed by atoms with van der Waals surface area (Å²) < 4.78 is 0. The zero-order valence-electron chi connectivity index (χ0n) is 16.6. The highest BCUT2D eigenvalue weighted by atomic mass is 16.6. The molecule has 29 heavy (non-hydrogen) atoms. The maximum absolute atomic E-state index is 12.6. The second kappa shape index (κ2) is 8.86. The van der Waals surface area contributed by atoms with Crippen LogP contribution in [0, 0.1) is 16.0 Å². The van der Waals surface area contributed by atoms with Gasteiger partial charge in [0.05, 0.1) is 10.8 Å². The summed E-state index contributed by atoms with van der Waals surface area (Å²) in [6.07, 6.45) is 1.09. The Morgan fingerprint density at radius 1 is 1.24 bits per heavy atom. The molecule has 152 valence electrons. The van der Waals surface area contributed by atoms with E-state index in [0.717, 1.165) is 17.7 Å². The summed E-state index contributed by atoms with van der Waals surface area (Å²) in [5, 5.41) is 13.9. The first-order valence-electron chi connectivity index (χ1n) is 9.81. The Hall–Kier alpha value is -3.22. The number of carbonyl (C=O) groups excluding carboxylic acids is 2. The molecule has 0 aliphatic carbocycles. The monoisotopic (exact) mass is 395 g/mol. The standard InChI is InChI=1S/C22H25N3O4/c1-3-15(2)18-9-5-7-11-20(18)24-14-17(12-21(24)26)22(27)23-13-16-8-4-6-10-19(16)25(28)29/h4-11,15,17H,3,12-14H2,1-2H3,(H,23,27). The summed E-state index contributed by atoms with van der Waals surface area (Å²) in [5.74, 6) is -0.507. The van der Waals surface area contributed by atoms with E-state index in [9.17, 15) is 19.7 Å². The number of para-hydroxylation sites is 2. The van der Waals surface area contributed by atoms with Crippen LogP contribution in [0.1, 0.15) is 43.7 Å². The topological polar surface area (TPSA) is 92.6 Å². The molecule has 1 saturated heterocycles. The molecule has 7 heteroatoms. The number of nitro benzene ring substituents is 1. The van der Waals surface area contributed by atoms with Gasteiger partial charge in [0.25, 0.3) is 5.69 Å². The summed E-state index contributed by atoms with van der Waals surface area (Å²) in [4.78, 5) is 37.6. The van der Waals surface area contributed by atoms with Gasteiger partial charge in [0.2, 0.25) is 11.8 Å². The zero-order valence-corrected chi connectivity index (χ0v) is 16.6. The second-order valence-corrected chi connectivity index (χ2v) is 7.38. The lowest BCUT2D eigenvalue weighted by molar-refractivity contribution is -0.385. The van der Waals surface area contributed by atoms with E-state index < -0.39 is 10.8 Å². The molecule has 2 unspecified atom stereocenters. The highest BCUT2D eigenvalue weighted by Crippen LogP contribution is 2.33. The molecule has 2 atom stereocenters. The van der Waals surface area contributed by atoms with E-state index in [0.29, 0.717) is 18.0 Å². The van der Waals surface area contributed by atoms with E-state index in [2.05, 4.69) is 19.2 Å². The van der Waals surface area contributed by atoms with Gasteiger partial charge in [-0.3, -0.25) is 19.7 Å². The molecular formula is C22H25N3O4. The number of amides is 2. The Bertz CT molecular complexity index is 928. The van der Waals surface area contributed by atoms with E-state index >= 15 is 0 Å². The molecule has 0 bridgehead atoms. The van der Waals surface area contributed by atoms with Crippen molar-refractivity contribution in [2.24, 2.45) is 5.92 Å². The maximum atomic E-state index is 12.6. The molecule has 2 aromatic rings. The lowest BCUT2D eigenvalue weighted by atomic mass is 9.96. The molecule has 1 fully saturated rings. The van der Waals surface area contributed by atoms with Gasteiger partial charge in [-0.25, -0.2) is 0 Å². The largest absolute Gasteiger partial charge is 0.351 e. The van der Waals surface area contributed by atoms with Gasteiger partial charge in [-0.1, -0.05) is 50.2 Å². The molecule has 7 nitrogen and oxygen atoms in total. The highest BCUT2D eigenvalue weighted by Gasteiger charge is 2.36. The summed E-state index contributed by atoms with van der Waals surface area (Å²) in [6.45, 7) is 4.60. The summed E-state index contributed by atoms with van der Waals surface area (Å²) in [7, 11) is 0. The normalized spacial score (nSPS) is 17.2. The first kappa shape index (κ1) is 20.5. The van der Waals surface area contributed by atoms with Crippen LogP contribution in [0.5, 0.6) is 0 Å². The van der Waals surface area contributed by atoms with Crippen molar-refractivity contribution in [3.05, 3.63) is 69.8 Å². The fourth-order valence-corrected chi connectivity index (χ4v) is 3.65. The minimum atomic E-state index is -0.477. The number of rotatable bonds is 7. The van der Waals surface area contributed by atoms with Crippen molar-refractivity contribution in [2.45, 2.75) is 39.2 Å². The van der Waals surface area contributed by atoms with Gasteiger partial charge in [0.15, 0.2) is 0 Å². The van der Waals surface area contributed by atoms with Gasteiger partial charge in [0, 0.05) is 36.8 Å². The number of nitrogens with one attached hydrogen (secondary N) is 1. The SMILES string of the molecule is CCC(C)c1ccccc1N1CC(C(=O)NCc2ccccc2[N+](=O)[O-])CC1=O. The van der Waals surface area contributed by atoms with E-state index in [-0.39, 0.29) is 30.5 Å². The molecule has 1 aliphatic heterocycles. The molecular weight excluding hydrogens is 370 g/mol. The second-order valence-electron chi connectivity index (χ2n) is 7.38. The number of carbonyl (C=O) groups is 2. The fraction of sp³-hybridized carbons (Fsp3) is 0.364. The first-order chi connectivity index (χ1) is 13.9. The van der Waals surface area contributed by atoms with Crippen molar-refractivity contribution in [1.82, 2.24) is 5.32 Å². The molecule has 2 amide bonds. The van der Waals surface area contributed by atoms with Crippen LogP contribution in [0.2, 0.25) is 0 Å². The molecule has 1 N–H and O–H groups in total. The molecule has 0 radical (unpaired) electrons. The smallest absolute Gasteiger partial charge is 0.274 e. The van der Waals surface area contributed by atoms with Gasteiger partial charge in [-0.2, -0.15) is 0 Å². The number of anilines is 1. The minimum Gasteiger partial charge on any atom is -0.351 e. The van der Waals surface area contributed by atoms with Gasteiger partial charge in [-0.05, 0) is 24.0 Å². The Morgan fingerprint density at radius 2 is 1.93 bits per heavy atom. The average molecular weight is 395 g/mol. The maximum Gasteiger partial charge on any atom is 0.274 e. The third-order valence-corrected chi connectivity index (χ3v) is 5.51. The Morgan fingerprint density at radius 3 is 2.66 bits per heavy atom. The number of hydrogen-bond donors (Lipinski definition) is 1. The molecule has 1 aliphatic rings. The van der Waals surface area contributed by atoms with Crippen molar-refractivity contribution >= 4 is 23.2 Å². The molecule has 3 rings (SSSR count). The predicted molar refractivity (Wildman–Crippen MR) is 111 cm³/mol.